The van der Waals surface area contributed by atoms with Crippen molar-refractivity contribution in [3.05, 3.63) is 0 Å². The van der Waals surface area contributed by atoms with Crippen LogP contribution in [0.15, 0.2) is 0 Å². The lowest BCUT2D eigenvalue weighted by molar-refractivity contribution is -0.144. The molecule has 1 atom stereocenters. The number of esters is 1. The number of hydrogen-bond acceptors (Lipinski definition) is 3. The van der Waals surface area contributed by atoms with Crippen LogP contribution in [-0.2, 0) is 14.3 Å². The first-order valence-corrected chi connectivity index (χ1v) is 6.39. The number of hydrogen-bond donors (Lipinski definition) is 0. The van der Waals surface area contributed by atoms with Gasteiger partial charge >= 0.3 is 5.97 Å². The lowest BCUT2D eigenvalue weighted by atomic mass is 10.1. The van der Waals surface area contributed by atoms with Gasteiger partial charge in [0.15, 0.2) is 0 Å². The molecule has 0 fully saturated rings. The number of rotatable bonds is 10. The van der Waals surface area contributed by atoms with Gasteiger partial charge in [0.2, 0.25) is 0 Å². The Balaban J connectivity index is 3.24. The van der Waals surface area contributed by atoms with Crippen LogP contribution in [0.3, 0.4) is 0 Å². The molecule has 0 radical (unpaired) electrons. The molecule has 96 valence electrons. The minimum absolute atomic E-state index is 0.0696. The summed E-state index contributed by atoms with van der Waals surface area (Å²) in [5, 5.41) is 0. The van der Waals surface area contributed by atoms with Crippen LogP contribution < -0.4 is 0 Å². The van der Waals surface area contributed by atoms with Crippen LogP contribution in [-0.4, -0.2) is 25.8 Å². The van der Waals surface area contributed by atoms with E-state index in [0.29, 0.717) is 13.0 Å². The van der Waals surface area contributed by atoms with E-state index in [9.17, 15) is 4.79 Å². The van der Waals surface area contributed by atoms with Crippen LogP contribution in [0.25, 0.3) is 0 Å². The number of carbonyl (C=O) groups excluding carboxylic acids is 1. The summed E-state index contributed by atoms with van der Waals surface area (Å²) in [5.41, 5.74) is 0. The zero-order valence-electron chi connectivity index (χ0n) is 11.0. The summed E-state index contributed by atoms with van der Waals surface area (Å²) in [6, 6.07) is 0. The van der Waals surface area contributed by atoms with E-state index in [1.165, 1.54) is 19.3 Å². The van der Waals surface area contributed by atoms with Crippen LogP contribution in [0.2, 0.25) is 0 Å². The van der Waals surface area contributed by atoms with Crippen molar-refractivity contribution in [3.63, 3.8) is 0 Å². The minimum atomic E-state index is -0.0696. The van der Waals surface area contributed by atoms with Crippen LogP contribution in [0.1, 0.15) is 58.8 Å². The van der Waals surface area contributed by atoms with Gasteiger partial charge < -0.3 is 9.47 Å². The summed E-state index contributed by atoms with van der Waals surface area (Å²) in [4.78, 5) is 11.3. The third kappa shape index (κ3) is 9.97. The second-order valence-corrected chi connectivity index (χ2v) is 4.22. The molecule has 0 aromatic rings. The Kier molecular flexibility index (Phi) is 10.5. The van der Waals surface area contributed by atoms with E-state index >= 15 is 0 Å². The Hall–Kier alpha value is -0.570. The molecule has 1 unspecified atom stereocenters. The second kappa shape index (κ2) is 10.9. The molecule has 0 aromatic carbocycles. The van der Waals surface area contributed by atoms with Crippen molar-refractivity contribution in [1.29, 1.82) is 0 Å². The van der Waals surface area contributed by atoms with Gasteiger partial charge in [-0.3, -0.25) is 4.79 Å². The van der Waals surface area contributed by atoms with Crippen LogP contribution in [0.5, 0.6) is 0 Å². The summed E-state index contributed by atoms with van der Waals surface area (Å²) in [7, 11) is 1.67. The maximum absolute atomic E-state index is 11.3. The molecule has 0 spiro atoms. The zero-order valence-corrected chi connectivity index (χ0v) is 11.0. The molecule has 0 saturated heterocycles. The molecule has 0 aliphatic rings. The first kappa shape index (κ1) is 15.4. The number of ether oxygens (including phenoxy) is 2. The van der Waals surface area contributed by atoms with E-state index in [1.807, 2.05) is 6.92 Å². The van der Waals surface area contributed by atoms with Crippen molar-refractivity contribution >= 4 is 5.97 Å². The normalized spacial score (nSPS) is 12.4. The molecule has 0 heterocycles. The zero-order chi connectivity index (χ0) is 12.2. The summed E-state index contributed by atoms with van der Waals surface area (Å²) < 4.78 is 10.2. The predicted molar refractivity (Wildman–Crippen MR) is 65.4 cm³/mol. The highest BCUT2D eigenvalue weighted by atomic mass is 16.5. The molecule has 0 rings (SSSR count). The fourth-order valence-corrected chi connectivity index (χ4v) is 1.40. The maximum atomic E-state index is 11.3. The van der Waals surface area contributed by atoms with Gasteiger partial charge in [-0.25, -0.2) is 0 Å². The smallest absolute Gasteiger partial charge is 0.305 e. The van der Waals surface area contributed by atoms with E-state index in [2.05, 4.69) is 6.92 Å². The highest BCUT2D eigenvalue weighted by Crippen LogP contribution is 2.06. The predicted octanol–water partition coefficient (Wildman–Crippen LogP) is 3.32. The fourth-order valence-electron chi connectivity index (χ4n) is 1.40. The van der Waals surface area contributed by atoms with E-state index < -0.39 is 0 Å². The number of carbonyl (C=O) groups is 1. The molecule has 0 bridgehead atoms. The minimum Gasteiger partial charge on any atom is -0.466 e. The van der Waals surface area contributed by atoms with Gasteiger partial charge in [0, 0.05) is 20.0 Å². The van der Waals surface area contributed by atoms with Gasteiger partial charge in [-0.1, -0.05) is 32.6 Å². The Morgan fingerprint density at radius 3 is 2.50 bits per heavy atom. The van der Waals surface area contributed by atoms with Gasteiger partial charge in [0.25, 0.3) is 0 Å². The molecule has 0 aliphatic carbocycles. The topological polar surface area (TPSA) is 35.5 Å². The van der Waals surface area contributed by atoms with E-state index in [4.69, 9.17) is 9.47 Å². The first-order chi connectivity index (χ1) is 7.70. The van der Waals surface area contributed by atoms with Gasteiger partial charge in [0.05, 0.1) is 12.7 Å². The number of unbranched alkanes of at least 4 members (excludes halogenated alkanes) is 4. The van der Waals surface area contributed by atoms with Crippen molar-refractivity contribution in [2.24, 2.45) is 0 Å². The summed E-state index contributed by atoms with van der Waals surface area (Å²) in [6.07, 6.45) is 7.32. The monoisotopic (exact) mass is 230 g/mol. The highest BCUT2D eigenvalue weighted by molar-refractivity contribution is 5.69. The molecule has 3 heteroatoms. The van der Waals surface area contributed by atoms with Gasteiger partial charge in [0.1, 0.15) is 0 Å². The van der Waals surface area contributed by atoms with Crippen molar-refractivity contribution in [3.8, 4) is 0 Å². The van der Waals surface area contributed by atoms with Crippen molar-refractivity contribution in [1.82, 2.24) is 0 Å². The Labute approximate surface area is 99.5 Å². The highest BCUT2D eigenvalue weighted by Gasteiger charge is 2.04. The second-order valence-electron chi connectivity index (χ2n) is 4.22. The lowest BCUT2D eigenvalue weighted by Crippen LogP contribution is -2.12. The average Bonchev–Trinajstić information content (AvgIpc) is 2.28. The third-order valence-electron chi connectivity index (χ3n) is 2.67. The van der Waals surface area contributed by atoms with Gasteiger partial charge in [-0.15, -0.1) is 0 Å². The Morgan fingerprint density at radius 1 is 1.19 bits per heavy atom. The number of methoxy groups -OCH3 is 1. The third-order valence-corrected chi connectivity index (χ3v) is 2.67. The molecule has 0 amide bonds. The molecular weight excluding hydrogens is 204 g/mol. The quantitative estimate of drug-likeness (QED) is 0.426. The largest absolute Gasteiger partial charge is 0.466 e. The molecule has 0 aromatic heterocycles. The van der Waals surface area contributed by atoms with E-state index in [1.54, 1.807) is 7.11 Å². The average molecular weight is 230 g/mol. The SMILES string of the molecule is CCCCCCCC(=O)OCCC(C)OC. The molecule has 0 N–H and O–H groups in total. The van der Waals surface area contributed by atoms with Crippen LogP contribution in [0, 0.1) is 0 Å². The maximum Gasteiger partial charge on any atom is 0.305 e. The summed E-state index contributed by atoms with van der Waals surface area (Å²) in [5.74, 6) is -0.0696. The molecule has 16 heavy (non-hydrogen) atoms. The van der Waals surface area contributed by atoms with Crippen LogP contribution in [0.4, 0.5) is 0 Å². The molecular formula is C13H26O3. The Bertz CT molecular complexity index is 169. The van der Waals surface area contributed by atoms with Gasteiger partial charge in [-0.05, 0) is 13.3 Å². The van der Waals surface area contributed by atoms with E-state index in [0.717, 1.165) is 19.3 Å². The van der Waals surface area contributed by atoms with Crippen molar-refractivity contribution in [2.75, 3.05) is 13.7 Å². The molecule has 0 aliphatic heterocycles. The van der Waals surface area contributed by atoms with Crippen molar-refractivity contribution < 1.29 is 14.3 Å². The first-order valence-electron chi connectivity index (χ1n) is 6.39. The van der Waals surface area contributed by atoms with Crippen molar-refractivity contribution in [2.45, 2.75) is 64.9 Å². The standard InChI is InChI=1S/C13H26O3/c1-4-5-6-7-8-9-13(14)16-11-10-12(2)15-3/h12H,4-11H2,1-3H3. The Morgan fingerprint density at radius 2 is 1.88 bits per heavy atom. The van der Waals surface area contributed by atoms with E-state index in [-0.39, 0.29) is 12.1 Å². The molecule has 0 saturated carbocycles. The molecule has 3 nitrogen and oxygen atoms in total. The van der Waals surface area contributed by atoms with Crippen LogP contribution >= 0.6 is 0 Å². The fraction of sp³-hybridized carbons (Fsp3) is 0.923. The van der Waals surface area contributed by atoms with Gasteiger partial charge in [-0.2, -0.15) is 0 Å². The summed E-state index contributed by atoms with van der Waals surface area (Å²) in [6.45, 7) is 4.63. The lowest BCUT2D eigenvalue weighted by Gasteiger charge is -2.09. The summed E-state index contributed by atoms with van der Waals surface area (Å²) >= 11 is 0.